The number of carbonyl (C=O) groups excluding carboxylic acids is 1. The van der Waals surface area contributed by atoms with Gasteiger partial charge in [-0.25, -0.2) is 13.1 Å². The first-order valence-electron chi connectivity index (χ1n) is 7.47. The lowest BCUT2D eigenvalue weighted by molar-refractivity contribution is -0.114. The molecule has 5 nitrogen and oxygen atoms in total. The normalized spacial score (nSPS) is 12.6. The molecule has 7 heteroatoms. The largest absolute Gasteiger partial charge is 0.326 e. The van der Waals surface area contributed by atoms with E-state index in [9.17, 15) is 13.2 Å². The van der Waals surface area contributed by atoms with Crippen LogP contribution in [0.5, 0.6) is 0 Å². The number of carbonyl (C=O) groups is 1. The van der Waals surface area contributed by atoms with Crippen molar-refractivity contribution >= 4 is 37.5 Å². The minimum Gasteiger partial charge on any atom is -0.326 e. The van der Waals surface area contributed by atoms with Gasteiger partial charge in [0.1, 0.15) is 0 Å². The Morgan fingerprint density at radius 1 is 1.08 bits per heavy atom. The minimum absolute atomic E-state index is 0.159. The standard InChI is InChI=1S/C17H19BrN2O3S/c1-3-17(13-4-6-14(18)7-5-13)20-24(22,23)16-10-8-15(9-11-16)19-12(2)21/h4-11,17,20H,3H2,1-2H3,(H,19,21)/t17-/m0/s1. The lowest BCUT2D eigenvalue weighted by atomic mass is 10.1. The number of sulfonamides is 1. The van der Waals surface area contributed by atoms with Gasteiger partial charge in [0.2, 0.25) is 15.9 Å². The molecule has 0 bridgehead atoms. The number of hydrogen-bond donors (Lipinski definition) is 2. The Kier molecular flexibility index (Phi) is 6.15. The fraction of sp³-hybridized carbons (Fsp3) is 0.235. The Balaban J connectivity index is 2.19. The summed E-state index contributed by atoms with van der Waals surface area (Å²) in [5.74, 6) is -0.204. The summed E-state index contributed by atoms with van der Waals surface area (Å²) in [4.78, 5) is 11.2. The first-order chi connectivity index (χ1) is 11.3. The van der Waals surface area contributed by atoms with Crippen LogP contribution in [0.25, 0.3) is 0 Å². The van der Waals surface area contributed by atoms with Crippen molar-refractivity contribution in [1.29, 1.82) is 0 Å². The first-order valence-corrected chi connectivity index (χ1v) is 9.75. The van der Waals surface area contributed by atoms with Gasteiger partial charge < -0.3 is 5.32 Å². The summed E-state index contributed by atoms with van der Waals surface area (Å²) in [6, 6.07) is 13.3. The minimum atomic E-state index is -3.65. The Bertz CT molecular complexity index is 803. The lowest BCUT2D eigenvalue weighted by Gasteiger charge is -2.18. The fourth-order valence-corrected chi connectivity index (χ4v) is 3.83. The second-order valence-electron chi connectivity index (χ2n) is 5.34. The summed E-state index contributed by atoms with van der Waals surface area (Å²) in [5, 5.41) is 2.61. The van der Waals surface area contributed by atoms with Crippen LogP contribution in [0, 0.1) is 0 Å². The number of hydrogen-bond acceptors (Lipinski definition) is 3. The molecular formula is C17H19BrN2O3S. The quantitative estimate of drug-likeness (QED) is 0.759. The fourth-order valence-electron chi connectivity index (χ4n) is 2.26. The zero-order valence-electron chi connectivity index (χ0n) is 13.4. The van der Waals surface area contributed by atoms with E-state index < -0.39 is 10.0 Å². The Labute approximate surface area is 150 Å². The molecule has 24 heavy (non-hydrogen) atoms. The zero-order chi connectivity index (χ0) is 17.7. The molecule has 0 aliphatic carbocycles. The molecule has 0 unspecified atom stereocenters. The van der Waals surface area contributed by atoms with E-state index >= 15 is 0 Å². The Hall–Kier alpha value is -1.70. The summed E-state index contributed by atoms with van der Waals surface area (Å²) < 4.78 is 28.8. The van der Waals surface area contributed by atoms with Crippen molar-refractivity contribution in [1.82, 2.24) is 4.72 Å². The SMILES string of the molecule is CC[C@H](NS(=O)(=O)c1ccc(NC(C)=O)cc1)c1ccc(Br)cc1. The summed E-state index contributed by atoms with van der Waals surface area (Å²) in [6.45, 7) is 3.32. The molecular weight excluding hydrogens is 392 g/mol. The van der Waals surface area contributed by atoms with Crippen LogP contribution >= 0.6 is 15.9 Å². The van der Waals surface area contributed by atoms with Crippen LogP contribution in [-0.4, -0.2) is 14.3 Å². The van der Waals surface area contributed by atoms with Gasteiger partial charge in [-0.05, 0) is 48.4 Å². The number of benzene rings is 2. The van der Waals surface area contributed by atoms with Gasteiger partial charge in [0.05, 0.1) is 4.90 Å². The van der Waals surface area contributed by atoms with E-state index in [2.05, 4.69) is 26.0 Å². The number of amides is 1. The zero-order valence-corrected chi connectivity index (χ0v) is 15.8. The molecule has 0 saturated heterocycles. The van der Waals surface area contributed by atoms with Crippen molar-refractivity contribution < 1.29 is 13.2 Å². The van der Waals surface area contributed by atoms with Crippen molar-refractivity contribution in [3.63, 3.8) is 0 Å². The predicted octanol–water partition coefficient (Wildman–Crippen LogP) is 3.84. The van der Waals surface area contributed by atoms with Gasteiger partial charge in [-0.15, -0.1) is 0 Å². The van der Waals surface area contributed by atoms with Gasteiger partial charge >= 0.3 is 0 Å². The van der Waals surface area contributed by atoms with Crippen LogP contribution in [0.4, 0.5) is 5.69 Å². The average molecular weight is 411 g/mol. The van der Waals surface area contributed by atoms with E-state index in [0.717, 1.165) is 10.0 Å². The molecule has 0 spiro atoms. The molecule has 0 aromatic heterocycles. The monoisotopic (exact) mass is 410 g/mol. The van der Waals surface area contributed by atoms with Crippen molar-refractivity contribution in [2.75, 3.05) is 5.32 Å². The molecule has 1 amide bonds. The highest BCUT2D eigenvalue weighted by Gasteiger charge is 2.20. The third-order valence-electron chi connectivity index (χ3n) is 3.46. The molecule has 0 fully saturated rings. The second-order valence-corrected chi connectivity index (χ2v) is 7.97. The molecule has 2 N–H and O–H groups in total. The smallest absolute Gasteiger partial charge is 0.241 e. The van der Waals surface area contributed by atoms with Crippen LogP contribution < -0.4 is 10.0 Å². The van der Waals surface area contributed by atoms with Gasteiger partial charge in [-0.3, -0.25) is 4.79 Å². The molecule has 1 atom stereocenters. The van der Waals surface area contributed by atoms with Gasteiger partial charge in [0, 0.05) is 23.1 Å². The van der Waals surface area contributed by atoms with Crippen molar-refractivity contribution in [2.24, 2.45) is 0 Å². The molecule has 0 aliphatic rings. The van der Waals surface area contributed by atoms with Gasteiger partial charge in [0.25, 0.3) is 0 Å². The second kappa shape index (κ2) is 7.92. The highest BCUT2D eigenvalue weighted by Crippen LogP contribution is 2.22. The van der Waals surface area contributed by atoms with E-state index in [-0.39, 0.29) is 16.8 Å². The number of nitrogens with one attached hydrogen (secondary N) is 2. The molecule has 0 radical (unpaired) electrons. The summed E-state index contributed by atoms with van der Waals surface area (Å²) in [5.41, 5.74) is 1.46. The highest BCUT2D eigenvalue weighted by atomic mass is 79.9. The van der Waals surface area contributed by atoms with Crippen LogP contribution in [0.3, 0.4) is 0 Å². The van der Waals surface area contributed by atoms with Gasteiger partial charge in [-0.2, -0.15) is 0 Å². The topological polar surface area (TPSA) is 75.3 Å². The molecule has 2 aromatic carbocycles. The molecule has 0 heterocycles. The van der Waals surface area contributed by atoms with Crippen molar-refractivity contribution in [2.45, 2.75) is 31.2 Å². The van der Waals surface area contributed by atoms with Crippen LogP contribution in [-0.2, 0) is 14.8 Å². The van der Waals surface area contributed by atoms with Gasteiger partial charge in [-0.1, -0.05) is 35.0 Å². The van der Waals surface area contributed by atoms with Crippen LogP contribution in [0.2, 0.25) is 0 Å². The first kappa shape index (κ1) is 18.6. The maximum absolute atomic E-state index is 12.6. The average Bonchev–Trinajstić information content (AvgIpc) is 2.53. The molecule has 0 aliphatic heterocycles. The lowest BCUT2D eigenvalue weighted by Crippen LogP contribution is -2.28. The van der Waals surface area contributed by atoms with Crippen molar-refractivity contribution in [3.05, 3.63) is 58.6 Å². The maximum atomic E-state index is 12.6. The maximum Gasteiger partial charge on any atom is 0.241 e. The van der Waals surface area contributed by atoms with Gasteiger partial charge in [0.15, 0.2) is 0 Å². The third kappa shape index (κ3) is 4.90. The van der Waals surface area contributed by atoms with Crippen LogP contribution in [0.15, 0.2) is 57.9 Å². The number of anilines is 1. The van der Waals surface area contributed by atoms with Crippen LogP contribution in [0.1, 0.15) is 31.9 Å². The summed E-state index contributed by atoms with van der Waals surface area (Å²) in [6.07, 6.45) is 0.630. The van der Waals surface area contributed by atoms with E-state index in [4.69, 9.17) is 0 Å². The van der Waals surface area contributed by atoms with E-state index in [1.807, 2.05) is 31.2 Å². The molecule has 0 saturated carbocycles. The molecule has 2 aromatic rings. The Morgan fingerprint density at radius 2 is 1.67 bits per heavy atom. The summed E-state index contributed by atoms with van der Waals surface area (Å²) in [7, 11) is -3.65. The summed E-state index contributed by atoms with van der Waals surface area (Å²) >= 11 is 3.37. The molecule has 128 valence electrons. The van der Waals surface area contributed by atoms with Crippen molar-refractivity contribution in [3.8, 4) is 0 Å². The van der Waals surface area contributed by atoms with E-state index in [1.165, 1.54) is 19.1 Å². The molecule has 2 rings (SSSR count). The highest BCUT2D eigenvalue weighted by molar-refractivity contribution is 9.10. The van der Waals surface area contributed by atoms with E-state index in [0.29, 0.717) is 12.1 Å². The number of halogens is 1. The Morgan fingerprint density at radius 3 is 2.17 bits per heavy atom. The van der Waals surface area contributed by atoms with E-state index in [1.54, 1.807) is 12.1 Å². The predicted molar refractivity (Wildman–Crippen MR) is 98.2 cm³/mol. The third-order valence-corrected chi connectivity index (χ3v) is 5.48. The number of rotatable bonds is 6.